The number of para-hydroxylation sites is 2. The van der Waals surface area contributed by atoms with E-state index >= 15 is 0 Å². The van der Waals surface area contributed by atoms with Crippen molar-refractivity contribution in [3.8, 4) is 45.5 Å². The molecule has 0 spiro atoms. The van der Waals surface area contributed by atoms with E-state index in [-0.39, 0.29) is 0 Å². The average molecular weight is 604 g/mol. The van der Waals surface area contributed by atoms with E-state index in [2.05, 4.69) is 137 Å². The van der Waals surface area contributed by atoms with Crippen molar-refractivity contribution < 1.29 is 0 Å². The fourth-order valence-corrected chi connectivity index (χ4v) is 6.61. The number of rotatable bonds is 5. The van der Waals surface area contributed by atoms with Crippen LogP contribution < -0.4 is 0 Å². The standard InChI is InChI=1S/C42H29N5/c1-28-20-26-33(27-21-28)46-36-18-10-8-16-34(36)38-35-17-9-11-19-37(35)47(41(38)46)42-44-39(31-14-6-3-7-15-31)43-40(45-42)32-24-22-30(23-25-32)29-12-4-2-5-13-29/h2-27H,1H3. The molecule has 0 aliphatic heterocycles. The van der Waals surface area contributed by atoms with Gasteiger partial charge in [0.2, 0.25) is 5.95 Å². The van der Waals surface area contributed by atoms with E-state index in [1.807, 2.05) is 36.4 Å². The van der Waals surface area contributed by atoms with Gasteiger partial charge in [-0.2, -0.15) is 9.97 Å². The van der Waals surface area contributed by atoms with Gasteiger partial charge in [0.1, 0.15) is 5.65 Å². The second kappa shape index (κ2) is 10.9. The number of aryl methyl sites for hydroxylation is 1. The Kier molecular flexibility index (Phi) is 6.28. The molecule has 0 saturated carbocycles. The first kappa shape index (κ1) is 27.0. The highest BCUT2D eigenvalue weighted by Gasteiger charge is 2.24. The first-order valence-corrected chi connectivity index (χ1v) is 15.8. The van der Waals surface area contributed by atoms with Gasteiger partial charge in [0, 0.05) is 33.0 Å². The predicted octanol–water partition coefficient (Wildman–Crippen LogP) is 10.2. The monoisotopic (exact) mass is 603 g/mol. The van der Waals surface area contributed by atoms with Gasteiger partial charge >= 0.3 is 0 Å². The largest absolute Gasteiger partial charge is 0.295 e. The minimum Gasteiger partial charge on any atom is -0.295 e. The highest BCUT2D eigenvalue weighted by molar-refractivity contribution is 6.22. The lowest BCUT2D eigenvalue weighted by Crippen LogP contribution is -2.08. The minimum absolute atomic E-state index is 0.573. The number of hydrogen-bond donors (Lipinski definition) is 0. The second-order valence-corrected chi connectivity index (χ2v) is 11.8. The lowest BCUT2D eigenvalue weighted by molar-refractivity contribution is 0.933. The Balaban J connectivity index is 1.35. The summed E-state index contributed by atoms with van der Waals surface area (Å²) in [7, 11) is 0. The molecule has 0 radical (unpaired) electrons. The van der Waals surface area contributed by atoms with E-state index in [1.54, 1.807) is 0 Å². The molecule has 222 valence electrons. The third-order valence-electron chi connectivity index (χ3n) is 8.87. The summed E-state index contributed by atoms with van der Waals surface area (Å²) in [4.78, 5) is 15.4. The van der Waals surface area contributed by atoms with Crippen LogP contribution in [-0.2, 0) is 0 Å². The third kappa shape index (κ3) is 4.51. The van der Waals surface area contributed by atoms with Crippen molar-refractivity contribution in [2.24, 2.45) is 0 Å². The summed E-state index contributed by atoms with van der Waals surface area (Å²) >= 11 is 0. The zero-order valence-corrected chi connectivity index (χ0v) is 25.7. The molecule has 3 heterocycles. The molecule has 0 atom stereocenters. The summed E-state index contributed by atoms with van der Waals surface area (Å²) < 4.78 is 4.55. The normalized spacial score (nSPS) is 11.5. The zero-order valence-electron chi connectivity index (χ0n) is 25.7. The van der Waals surface area contributed by atoms with Gasteiger partial charge in [-0.15, -0.1) is 0 Å². The van der Waals surface area contributed by atoms with Gasteiger partial charge in [0.25, 0.3) is 0 Å². The van der Waals surface area contributed by atoms with Gasteiger partial charge in [-0.3, -0.25) is 9.13 Å². The van der Waals surface area contributed by atoms with Crippen molar-refractivity contribution >= 4 is 32.8 Å². The van der Waals surface area contributed by atoms with Gasteiger partial charge in [-0.25, -0.2) is 4.98 Å². The molecule has 9 aromatic rings. The van der Waals surface area contributed by atoms with Crippen LogP contribution >= 0.6 is 0 Å². The summed E-state index contributed by atoms with van der Waals surface area (Å²) in [5, 5.41) is 3.51. The lowest BCUT2D eigenvalue weighted by Gasteiger charge is -2.14. The molecule has 5 heteroatoms. The Hall–Kier alpha value is -6.33. The van der Waals surface area contributed by atoms with Crippen LogP contribution in [-0.4, -0.2) is 24.1 Å². The van der Waals surface area contributed by atoms with Gasteiger partial charge in [-0.1, -0.05) is 139 Å². The molecule has 0 fully saturated rings. The molecular weight excluding hydrogens is 574 g/mol. The highest BCUT2D eigenvalue weighted by atomic mass is 15.2. The number of benzene rings is 6. The molecule has 0 amide bonds. The van der Waals surface area contributed by atoms with Crippen molar-refractivity contribution in [3.05, 3.63) is 163 Å². The highest BCUT2D eigenvalue weighted by Crippen LogP contribution is 2.40. The summed E-state index contributed by atoms with van der Waals surface area (Å²) in [6.45, 7) is 2.12. The number of aromatic nitrogens is 5. The van der Waals surface area contributed by atoms with Crippen LogP contribution in [0.25, 0.3) is 78.4 Å². The van der Waals surface area contributed by atoms with E-state index in [0.29, 0.717) is 17.6 Å². The van der Waals surface area contributed by atoms with Gasteiger partial charge in [0.15, 0.2) is 11.6 Å². The van der Waals surface area contributed by atoms with Crippen molar-refractivity contribution in [3.63, 3.8) is 0 Å². The topological polar surface area (TPSA) is 48.5 Å². The molecule has 9 rings (SSSR count). The molecular formula is C42H29N5. The molecule has 47 heavy (non-hydrogen) atoms. The maximum atomic E-state index is 5.22. The van der Waals surface area contributed by atoms with E-state index in [9.17, 15) is 0 Å². The molecule has 0 bridgehead atoms. The number of hydrogen-bond acceptors (Lipinski definition) is 3. The molecule has 3 aromatic heterocycles. The van der Waals surface area contributed by atoms with Crippen molar-refractivity contribution in [1.29, 1.82) is 0 Å². The molecule has 0 aliphatic rings. The fourth-order valence-electron chi connectivity index (χ4n) is 6.61. The Morgan fingerprint density at radius 2 is 0.872 bits per heavy atom. The molecule has 0 unspecified atom stereocenters. The Bertz CT molecular complexity index is 2540. The van der Waals surface area contributed by atoms with Crippen LogP contribution in [0.2, 0.25) is 0 Å². The summed E-state index contributed by atoms with van der Waals surface area (Å²) in [6.07, 6.45) is 0. The van der Waals surface area contributed by atoms with E-state index in [4.69, 9.17) is 15.0 Å². The lowest BCUT2D eigenvalue weighted by atomic mass is 10.0. The smallest absolute Gasteiger partial charge is 0.239 e. The van der Waals surface area contributed by atoms with E-state index < -0.39 is 0 Å². The Labute approximate surface area is 272 Å². The minimum atomic E-state index is 0.573. The number of fused-ring (bicyclic) bond motifs is 5. The van der Waals surface area contributed by atoms with Crippen molar-refractivity contribution in [2.45, 2.75) is 6.92 Å². The molecule has 0 saturated heterocycles. The van der Waals surface area contributed by atoms with Gasteiger partial charge in [-0.05, 0) is 42.3 Å². The second-order valence-electron chi connectivity index (χ2n) is 11.8. The predicted molar refractivity (Wildman–Crippen MR) is 192 cm³/mol. The Morgan fingerprint density at radius 3 is 1.49 bits per heavy atom. The van der Waals surface area contributed by atoms with E-state index in [0.717, 1.165) is 44.4 Å². The SMILES string of the molecule is Cc1ccc(-n2c3ccccc3c3c4ccccc4n(-c4nc(-c5ccccc5)nc(-c5ccc(-c6ccccc6)cc5)n4)c32)cc1. The quantitative estimate of drug-likeness (QED) is 0.197. The molecule has 0 N–H and O–H groups in total. The third-order valence-corrected chi connectivity index (χ3v) is 8.87. The van der Waals surface area contributed by atoms with Crippen LogP contribution in [0.4, 0.5) is 0 Å². The van der Waals surface area contributed by atoms with Crippen LogP contribution in [0, 0.1) is 6.92 Å². The van der Waals surface area contributed by atoms with Crippen LogP contribution in [0.1, 0.15) is 5.56 Å². The molecule has 6 aromatic carbocycles. The number of nitrogens with zero attached hydrogens (tertiary/aromatic N) is 5. The summed E-state index contributed by atoms with van der Waals surface area (Å²) in [5.41, 5.74) is 9.68. The summed E-state index contributed by atoms with van der Waals surface area (Å²) in [6, 6.07) is 54.9. The van der Waals surface area contributed by atoms with Gasteiger partial charge < -0.3 is 0 Å². The van der Waals surface area contributed by atoms with Crippen molar-refractivity contribution in [1.82, 2.24) is 24.1 Å². The average Bonchev–Trinajstić information content (AvgIpc) is 3.65. The maximum Gasteiger partial charge on any atom is 0.239 e. The van der Waals surface area contributed by atoms with E-state index in [1.165, 1.54) is 21.9 Å². The fraction of sp³-hybridized carbons (Fsp3) is 0.0238. The first-order chi connectivity index (χ1) is 23.2. The Morgan fingerprint density at radius 1 is 0.404 bits per heavy atom. The van der Waals surface area contributed by atoms with Crippen LogP contribution in [0.15, 0.2) is 158 Å². The van der Waals surface area contributed by atoms with Crippen LogP contribution in [0.3, 0.4) is 0 Å². The maximum absolute atomic E-state index is 5.22. The molecule has 5 nitrogen and oxygen atoms in total. The summed E-state index contributed by atoms with van der Waals surface area (Å²) in [5.74, 6) is 1.82. The first-order valence-electron chi connectivity index (χ1n) is 15.8. The van der Waals surface area contributed by atoms with Crippen molar-refractivity contribution in [2.75, 3.05) is 0 Å². The zero-order chi connectivity index (χ0) is 31.3. The van der Waals surface area contributed by atoms with Gasteiger partial charge in [0.05, 0.1) is 11.0 Å². The molecule has 0 aliphatic carbocycles. The van der Waals surface area contributed by atoms with Crippen LogP contribution in [0.5, 0.6) is 0 Å².